The number of piperidine rings is 1. The van der Waals surface area contributed by atoms with Crippen LogP contribution in [0.2, 0.25) is 0 Å². The second-order valence-electron chi connectivity index (χ2n) is 7.05. The molecule has 1 aliphatic rings. The zero-order valence-electron chi connectivity index (χ0n) is 15.5. The van der Waals surface area contributed by atoms with Gasteiger partial charge in [-0.05, 0) is 56.0 Å². The van der Waals surface area contributed by atoms with E-state index in [0.29, 0.717) is 17.4 Å². The Morgan fingerprint density at radius 1 is 1.11 bits per heavy atom. The summed E-state index contributed by atoms with van der Waals surface area (Å²) in [5.41, 5.74) is 2.69. The van der Waals surface area contributed by atoms with E-state index >= 15 is 0 Å². The smallest absolute Gasteiger partial charge is 0.274 e. The molecule has 0 spiro atoms. The van der Waals surface area contributed by atoms with Crippen LogP contribution in [0.4, 0.5) is 0 Å². The summed E-state index contributed by atoms with van der Waals surface area (Å²) in [6.45, 7) is 5.66. The van der Waals surface area contributed by atoms with Crippen LogP contribution in [0, 0.1) is 12.8 Å². The van der Waals surface area contributed by atoms with E-state index in [2.05, 4.69) is 27.2 Å². The second-order valence-corrected chi connectivity index (χ2v) is 7.05. The molecule has 7 nitrogen and oxygen atoms in total. The first-order valence-electron chi connectivity index (χ1n) is 9.23. The number of aryl methyl sites for hydroxylation is 1. The number of pyridine rings is 1. The van der Waals surface area contributed by atoms with E-state index in [-0.39, 0.29) is 5.91 Å². The summed E-state index contributed by atoms with van der Waals surface area (Å²) in [5, 5.41) is 12.9. The minimum absolute atomic E-state index is 0.0436. The van der Waals surface area contributed by atoms with Crippen molar-refractivity contribution in [1.29, 1.82) is 0 Å². The van der Waals surface area contributed by atoms with Crippen molar-refractivity contribution in [2.75, 3.05) is 13.1 Å². The van der Waals surface area contributed by atoms with Crippen LogP contribution in [0.3, 0.4) is 0 Å². The van der Waals surface area contributed by atoms with Crippen molar-refractivity contribution in [1.82, 2.24) is 29.9 Å². The normalized spacial score (nSPS) is 15.1. The standard InChI is InChI=1S/C20H22N6O/c1-14-8-11-25(12-9-14)20(27)17-13-18(16-5-3-4-10-21-16)26(24-17)19-7-6-15(2)22-23-19/h3-7,10,13-14H,8-9,11-12H2,1-2H3. The third kappa shape index (κ3) is 3.58. The molecule has 138 valence electrons. The van der Waals surface area contributed by atoms with Crippen LogP contribution in [0.1, 0.15) is 35.9 Å². The molecule has 0 bridgehead atoms. The highest BCUT2D eigenvalue weighted by atomic mass is 16.2. The minimum Gasteiger partial charge on any atom is -0.337 e. The van der Waals surface area contributed by atoms with Gasteiger partial charge in [0.1, 0.15) is 0 Å². The molecule has 1 amide bonds. The van der Waals surface area contributed by atoms with Crippen LogP contribution in [0.15, 0.2) is 42.6 Å². The molecular weight excluding hydrogens is 340 g/mol. The maximum absolute atomic E-state index is 13.0. The van der Waals surface area contributed by atoms with Crippen molar-refractivity contribution in [3.05, 3.63) is 54.0 Å². The molecular formula is C20H22N6O. The quantitative estimate of drug-likeness (QED) is 0.716. The van der Waals surface area contributed by atoms with E-state index in [1.54, 1.807) is 16.9 Å². The van der Waals surface area contributed by atoms with Crippen LogP contribution < -0.4 is 0 Å². The third-order valence-electron chi connectivity index (χ3n) is 4.93. The van der Waals surface area contributed by atoms with Gasteiger partial charge in [0.15, 0.2) is 11.5 Å². The number of hydrogen-bond acceptors (Lipinski definition) is 5. The van der Waals surface area contributed by atoms with Gasteiger partial charge in [-0.2, -0.15) is 10.2 Å². The number of carbonyl (C=O) groups excluding carboxylic acids is 1. The van der Waals surface area contributed by atoms with Gasteiger partial charge in [-0.15, -0.1) is 5.10 Å². The van der Waals surface area contributed by atoms with Gasteiger partial charge in [-0.3, -0.25) is 9.78 Å². The SMILES string of the molecule is Cc1ccc(-n2nc(C(=O)N3CCC(C)CC3)cc2-c2ccccn2)nn1. The number of carbonyl (C=O) groups is 1. The molecule has 0 unspecified atom stereocenters. The van der Waals surface area contributed by atoms with E-state index in [1.165, 1.54) is 0 Å². The molecule has 1 fully saturated rings. The van der Waals surface area contributed by atoms with Gasteiger partial charge in [0, 0.05) is 19.3 Å². The van der Waals surface area contributed by atoms with Crippen molar-refractivity contribution in [3.8, 4) is 17.2 Å². The van der Waals surface area contributed by atoms with Crippen LogP contribution >= 0.6 is 0 Å². The summed E-state index contributed by atoms with van der Waals surface area (Å²) >= 11 is 0. The van der Waals surface area contributed by atoms with E-state index in [1.807, 2.05) is 42.2 Å². The highest BCUT2D eigenvalue weighted by molar-refractivity contribution is 5.93. The fourth-order valence-electron chi connectivity index (χ4n) is 3.24. The molecule has 4 heterocycles. The Labute approximate surface area is 158 Å². The Hall–Kier alpha value is -3.09. The maximum Gasteiger partial charge on any atom is 0.274 e. The monoisotopic (exact) mass is 362 g/mol. The molecule has 3 aromatic heterocycles. The molecule has 0 saturated carbocycles. The molecule has 4 rings (SSSR count). The number of hydrogen-bond donors (Lipinski definition) is 0. The summed E-state index contributed by atoms with van der Waals surface area (Å²) in [6.07, 6.45) is 3.78. The Kier molecular flexibility index (Phi) is 4.66. The van der Waals surface area contributed by atoms with Crippen LogP contribution in [-0.4, -0.2) is 48.9 Å². The Morgan fingerprint density at radius 3 is 2.59 bits per heavy atom. The number of aromatic nitrogens is 5. The molecule has 1 aliphatic heterocycles. The number of rotatable bonds is 3. The first kappa shape index (κ1) is 17.3. The van der Waals surface area contributed by atoms with Gasteiger partial charge in [0.2, 0.25) is 0 Å². The van der Waals surface area contributed by atoms with E-state index < -0.39 is 0 Å². The van der Waals surface area contributed by atoms with Crippen molar-refractivity contribution < 1.29 is 4.79 Å². The molecule has 0 N–H and O–H groups in total. The Bertz CT molecular complexity index is 927. The summed E-state index contributed by atoms with van der Waals surface area (Å²) in [6, 6.07) is 11.2. The second kappa shape index (κ2) is 7.26. The van der Waals surface area contributed by atoms with Crippen LogP contribution in [-0.2, 0) is 0 Å². The summed E-state index contributed by atoms with van der Waals surface area (Å²) in [5.74, 6) is 1.18. The average Bonchev–Trinajstić information content (AvgIpc) is 3.15. The molecule has 27 heavy (non-hydrogen) atoms. The van der Waals surface area contributed by atoms with Crippen LogP contribution in [0.5, 0.6) is 0 Å². The molecule has 1 saturated heterocycles. The highest BCUT2D eigenvalue weighted by Crippen LogP contribution is 2.23. The number of likely N-dealkylation sites (tertiary alicyclic amines) is 1. The van der Waals surface area contributed by atoms with E-state index in [4.69, 9.17) is 0 Å². The summed E-state index contributed by atoms with van der Waals surface area (Å²) in [7, 11) is 0. The van der Waals surface area contributed by atoms with Crippen molar-refractivity contribution in [2.45, 2.75) is 26.7 Å². The lowest BCUT2D eigenvalue weighted by Crippen LogP contribution is -2.38. The molecule has 0 radical (unpaired) electrons. The van der Waals surface area contributed by atoms with Gasteiger partial charge in [0.25, 0.3) is 5.91 Å². The lowest BCUT2D eigenvalue weighted by molar-refractivity contribution is 0.0690. The summed E-state index contributed by atoms with van der Waals surface area (Å²) < 4.78 is 1.65. The van der Waals surface area contributed by atoms with Crippen molar-refractivity contribution >= 4 is 5.91 Å². The molecule has 0 aromatic carbocycles. The number of amides is 1. The Morgan fingerprint density at radius 2 is 1.93 bits per heavy atom. The van der Waals surface area contributed by atoms with Gasteiger partial charge in [-0.1, -0.05) is 13.0 Å². The van der Waals surface area contributed by atoms with Gasteiger partial charge in [-0.25, -0.2) is 4.68 Å². The first-order valence-corrected chi connectivity index (χ1v) is 9.23. The third-order valence-corrected chi connectivity index (χ3v) is 4.93. The topological polar surface area (TPSA) is 76.8 Å². The lowest BCUT2D eigenvalue weighted by atomic mass is 9.99. The number of nitrogens with zero attached hydrogens (tertiary/aromatic N) is 6. The van der Waals surface area contributed by atoms with E-state index in [0.717, 1.165) is 43.0 Å². The first-order chi connectivity index (χ1) is 13.1. The zero-order chi connectivity index (χ0) is 18.8. The predicted molar refractivity (Wildman–Crippen MR) is 101 cm³/mol. The minimum atomic E-state index is -0.0436. The van der Waals surface area contributed by atoms with Crippen molar-refractivity contribution in [2.24, 2.45) is 5.92 Å². The lowest BCUT2D eigenvalue weighted by Gasteiger charge is -2.29. The Balaban J connectivity index is 1.73. The predicted octanol–water partition coefficient (Wildman–Crippen LogP) is 2.90. The van der Waals surface area contributed by atoms with Crippen LogP contribution in [0.25, 0.3) is 17.2 Å². The van der Waals surface area contributed by atoms with Gasteiger partial charge < -0.3 is 4.90 Å². The summed E-state index contributed by atoms with van der Waals surface area (Å²) in [4.78, 5) is 19.3. The zero-order valence-corrected chi connectivity index (χ0v) is 15.5. The molecule has 3 aromatic rings. The van der Waals surface area contributed by atoms with Gasteiger partial charge >= 0.3 is 0 Å². The molecule has 0 aliphatic carbocycles. The largest absolute Gasteiger partial charge is 0.337 e. The van der Waals surface area contributed by atoms with E-state index in [9.17, 15) is 4.79 Å². The highest BCUT2D eigenvalue weighted by Gasteiger charge is 2.25. The molecule has 0 atom stereocenters. The van der Waals surface area contributed by atoms with Crippen molar-refractivity contribution in [3.63, 3.8) is 0 Å². The fraction of sp³-hybridized carbons (Fsp3) is 0.350. The maximum atomic E-state index is 13.0. The average molecular weight is 362 g/mol. The fourth-order valence-corrected chi connectivity index (χ4v) is 3.24. The van der Waals surface area contributed by atoms with Gasteiger partial charge in [0.05, 0.1) is 17.1 Å². The molecule has 7 heteroatoms.